The zero-order valence-electron chi connectivity index (χ0n) is 12.7. The van der Waals surface area contributed by atoms with Crippen LogP contribution < -0.4 is 0 Å². The highest BCUT2D eigenvalue weighted by Crippen LogP contribution is 2.31. The Kier molecular flexibility index (Phi) is 4.29. The van der Waals surface area contributed by atoms with Crippen LogP contribution in [0, 0.1) is 0 Å². The van der Waals surface area contributed by atoms with E-state index in [0.717, 1.165) is 36.9 Å². The second kappa shape index (κ2) is 6.35. The third kappa shape index (κ3) is 3.29. The van der Waals surface area contributed by atoms with Gasteiger partial charge in [-0.15, -0.1) is 0 Å². The molecule has 0 spiro atoms. The van der Waals surface area contributed by atoms with Gasteiger partial charge in [-0.1, -0.05) is 31.5 Å². The fraction of sp³-hybridized carbons (Fsp3) is 0.562. The Morgan fingerprint density at radius 1 is 1.33 bits per heavy atom. The van der Waals surface area contributed by atoms with Gasteiger partial charge in [-0.05, 0) is 31.5 Å². The molecule has 0 aliphatic carbocycles. The summed E-state index contributed by atoms with van der Waals surface area (Å²) in [4.78, 5) is 11.4. The number of piperidine rings is 1. The lowest BCUT2D eigenvalue weighted by Crippen LogP contribution is -2.33. The fourth-order valence-corrected chi connectivity index (χ4v) is 2.78. The second-order valence-corrected chi connectivity index (χ2v) is 5.95. The minimum absolute atomic E-state index is 0.223. The second-order valence-electron chi connectivity index (χ2n) is 5.95. The highest BCUT2D eigenvalue weighted by molar-refractivity contribution is 5.05. The maximum atomic E-state index is 5.51. The molecule has 0 N–H and O–H groups in total. The molecule has 5 heteroatoms. The van der Waals surface area contributed by atoms with Gasteiger partial charge in [0.25, 0.3) is 0 Å². The minimum atomic E-state index is 0.223. The molecule has 2 aromatic rings. The van der Waals surface area contributed by atoms with Gasteiger partial charge in [-0.25, -0.2) is 0 Å². The van der Waals surface area contributed by atoms with Crippen LogP contribution in [-0.4, -0.2) is 26.6 Å². The molecule has 1 fully saturated rings. The molecule has 112 valence electrons. The SMILES string of the molecule is CC(C)c1noc(C2CCCCN2Cc2ccccn2)n1. The summed E-state index contributed by atoms with van der Waals surface area (Å²) in [5, 5.41) is 4.10. The van der Waals surface area contributed by atoms with Crippen LogP contribution in [-0.2, 0) is 6.54 Å². The first-order valence-electron chi connectivity index (χ1n) is 7.71. The lowest BCUT2D eigenvalue weighted by molar-refractivity contribution is 0.110. The maximum Gasteiger partial charge on any atom is 0.244 e. The molecule has 1 atom stereocenters. The van der Waals surface area contributed by atoms with Crippen molar-refractivity contribution in [2.75, 3.05) is 6.54 Å². The number of likely N-dealkylation sites (tertiary alicyclic amines) is 1. The zero-order chi connectivity index (χ0) is 14.7. The average Bonchev–Trinajstić information content (AvgIpc) is 2.99. The molecule has 1 saturated heterocycles. The van der Waals surface area contributed by atoms with Crippen molar-refractivity contribution in [3.8, 4) is 0 Å². The number of hydrogen-bond donors (Lipinski definition) is 0. The summed E-state index contributed by atoms with van der Waals surface area (Å²) in [6.45, 7) is 6.06. The van der Waals surface area contributed by atoms with E-state index in [4.69, 9.17) is 4.52 Å². The number of nitrogens with zero attached hydrogens (tertiary/aromatic N) is 4. The number of pyridine rings is 1. The Morgan fingerprint density at radius 2 is 2.24 bits per heavy atom. The standard InChI is InChI=1S/C16H22N4O/c1-12(2)15-18-16(21-19-15)14-8-4-6-10-20(14)11-13-7-3-5-9-17-13/h3,5,7,9,12,14H,4,6,8,10-11H2,1-2H3. The van der Waals surface area contributed by atoms with Crippen molar-refractivity contribution in [2.45, 2.75) is 51.6 Å². The molecule has 0 saturated carbocycles. The summed E-state index contributed by atoms with van der Waals surface area (Å²) in [5.74, 6) is 1.86. The summed E-state index contributed by atoms with van der Waals surface area (Å²) < 4.78 is 5.51. The molecule has 3 heterocycles. The molecular weight excluding hydrogens is 264 g/mol. The van der Waals surface area contributed by atoms with E-state index >= 15 is 0 Å². The molecule has 0 bridgehead atoms. The molecule has 0 amide bonds. The van der Waals surface area contributed by atoms with Crippen molar-refractivity contribution in [1.82, 2.24) is 20.0 Å². The number of hydrogen-bond acceptors (Lipinski definition) is 5. The lowest BCUT2D eigenvalue weighted by Gasteiger charge is -2.32. The van der Waals surface area contributed by atoms with Crippen molar-refractivity contribution >= 4 is 0 Å². The van der Waals surface area contributed by atoms with Gasteiger partial charge in [-0.3, -0.25) is 9.88 Å². The predicted molar refractivity (Wildman–Crippen MR) is 79.6 cm³/mol. The van der Waals surface area contributed by atoms with E-state index in [1.807, 2.05) is 18.3 Å². The van der Waals surface area contributed by atoms with Crippen molar-refractivity contribution < 1.29 is 4.52 Å². The van der Waals surface area contributed by atoms with E-state index in [1.54, 1.807) is 0 Å². The molecule has 5 nitrogen and oxygen atoms in total. The molecular formula is C16H22N4O. The van der Waals surface area contributed by atoms with E-state index < -0.39 is 0 Å². The van der Waals surface area contributed by atoms with Crippen molar-refractivity contribution in [2.24, 2.45) is 0 Å². The molecule has 0 radical (unpaired) electrons. The van der Waals surface area contributed by atoms with Gasteiger partial charge in [0.05, 0.1) is 11.7 Å². The summed E-state index contributed by atoms with van der Waals surface area (Å²) in [7, 11) is 0. The van der Waals surface area contributed by atoms with Gasteiger partial charge in [-0.2, -0.15) is 4.98 Å². The van der Waals surface area contributed by atoms with Crippen LogP contribution in [0.2, 0.25) is 0 Å². The van der Waals surface area contributed by atoms with Crippen LogP contribution in [0.5, 0.6) is 0 Å². The van der Waals surface area contributed by atoms with Crippen molar-refractivity contribution in [3.05, 3.63) is 41.8 Å². The van der Waals surface area contributed by atoms with E-state index in [9.17, 15) is 0 Å². The Hall–Kier alpha value is -1.75. The zero-order valence-corrected chi connectivity index (χ0v) is 12.7. The van der Waals surface area contributed by atoms with Crippen molar-refractivity contribution in [3.63, 3.8) is 0 Å². The van der Waals surface area contributed by atoms with Crippen LogP contribution in [0.1, 0.15) is 62.5 Å². The quantitative estimate of drug-likeness (QED) is 0.863. The van der Waals surface area contributed by atoms with Crippen LogP contribution in [0.3, 0.4) is 0 Å². The largest absolute Gasteiger partial charge is 0.338 e. The third-order valence-corrected chi connectivity index (χ3v) is 3.96. The topological polar surface area (TPSA) is 55.1 Å². The summed E-state index contributed by atoms with van der Waals surface area (Å²) in [5.41, 5.74) is 1.09. The first kappa shape index (κ1) is 14.2. The highest BCUT2D eigenvalue weighted by atomic mass is 16.5. The van der Waals surface area contributed by atoms with Crippen molar-refractivity contribution in [1.29, 1.82) is 0 Å². The number of aromatic nitrogens is 3. The van der Waals surface area contributed by atoms with Crippen LogP contribution >= 0.6 is 0 Å². The fourth-order valence-electron chi connectivity index (χ4n) is 2.78. The first-order chi connectivity index (χ1) is 10.2. The van der Waals surface area contributed by atoms with E-state index in [-0.39, 0.29) is 6.04 Å². The predicted octanol–water partition coefficient (Wildman–Crippen LogP) is 3.32. The van der Waals surface area contributed by atoms with Gasteiger partial charge in [0.1, 0.15) is 0 Å². The van der Waals surface area contributed by atoms with E-state index in [1.165, 1.54) is 12.8 Å². The molecule has 2 aromatic heterocycles. The Morgan fingerprint density at radius 3 is 2.95 bits per heavy atom. The summed E-state index contributed by atoms with van der Waals surface area (Å²) in [6, 6.07) is 6.27. The maximum absolute atomic E-state index is 5.51. The third-order valence-electron chi connectivity index (χ3n) is 3.96. The normalized spacial score (nSPS) is 20.0. The van der Waals surface area contributed by atoms with E-state index in [0.29, 0.717) is 5.92 Å². The molecule has 21 heavy (non-hydrogen) atoms. The molecule has 1 aliphatic rings. The molecule has 1 aliphatic heterocycles. The Bertz CT molecular complexity index is 567. The molecule has 3 rings (SSSR count). The highest BCUT2D eigenvalue weighted by Gasteiger charge is 2.29. The van der Waals surface area contributed by atoms with Crippen LogP contribution in [0.4, 0.5) is 0 Å². The lowest BCUT2D eigenvalue weighted by atomic mass is 10.0. The monoisotopic (exact) mass is 286 g/mol. The Labute approximate surface area is 125 Å². The van der Waals surface area contributed by atoms with Gasteiger partial charge in [0.15, 0.2) is 5.82 Å². The van der Waals surface area contributed by atoms with Crippen LogP contribution in [0.25, 0.3) is 0 Å². The molecule has 1 unspecified atom stereocenters. The number of rotatable bonds is 4. The first-order valence-corrected chi connectivity index (χ1v) is 7.71. The average molecular weight is 286 g/mol. The van der Waals surface area contributed by atoms with Gasteiger partial charge < -0.3 is 4.52 Å². The summed E-state index contributed by atoms with van der Waals surface area (Å²) >= 11 is 0. The van der Waals surface area contributed by atoms with Gasteiger partial charge in [0, 0.05) is 18.7 Å². The van der Waals surface area contributed by atoms with Gasteiger partial charge in [0.2, 0.25) is 5.89 Å². The Balaban J connectivity index is 1.77. The van der Waals surface area contributed by atoms with Crippen LogP contribution in [0.15, 0.2) is 28.9 Å². The van der Waals surface area contributed by atoms with Gasteiger partial charge >= 0.3 is 0 Å². The smallest absolute Gasteiger partial charge is 0.244 e. The molecule has 0 aromatic carbocycles. The minimum Gasteiger partial charge on any atom is -0.338 e. The van der Waals surface area contributed by atoms with E-state index in [2.05, 4.69) is 39.9 Å². The summed E-state index contributed by atoms with van der Waals surface area (Å²) in [6.07, 6.45) is 5.35.